The Hall–Kier alpha value is -1.92. The van der Waals surface area contributed by atoms with Gasteiger partial charge in [-0.1, -0.05) is 0 Å². The number of hydrogen-bond acceptors (Lipinski definition) is 4. The van der Waals surface area contributed by atoms with Crippen LogP contribution in [-0.2, 0) is 0 Å². The maximum Gasteiger partial charge on any atom is 0.282 e. The van der Waals surface area contributed by atoms with Crippen LogP contribution in [-0.4, -0.2) is 34.2 Å². The Morgan fingerprint density at radius 2 is 2.12 bits per heavy atom. The van der Waals surface area contributed by atoms with E-state index in [0.29, 0.717) is 22.7 Å². The third-order valence-electron chi connectivity index (χ3n) is 2.60. The molecule has 3 heterocycles. The van der Waals surface area contributed by atoms with Crippen molar-refractivity contribution < 1.29 is 8.78 Å². The van der Waals surface area contributed by atoms with Gasteiger partial charge in [0.05, 0.1) is 18.5 Å². The lowest BCUT2D eigenvalue weighted by Crippen LogP contribution is -2.56. The minimum absolute atomic E-state index is 0.286. The van der Waals surface area contributed by atoms with Crippen LogP contribution in [0.4, 0.5) is 20.4 Å². The monoisotopic (exact) mass is 225 g/mol. The van der Waals surface area contributed by atoms with Crippen molar-refractivity contribution in [3.8, 4) is 0 Å². The summed E-state index contributed by atoms with van der Waals surface area (Å²) in [6.07, 6.45) is 0. The molecule has 1 aliphatic heterocycles. The third kappa shape index (κ3) is 1.28. The van der Waals surface area contributed by atoms with Crippen LogP contribution in [0.2, 0.25) is 0 Å². The number of pyridine rings is 1. The van der Waals surface area contributed by atoms with Gasteiger partial charge in [-0.3, -0.25) is 5.10 Å². The summed E-state index contributed by atoms with van der Waals surface area (Å²) in [4.78, 5) is 5.66. The average molecular weight is 225 g/mol. The summed E-state index contributed by atoms with van der Waals surface area (Å²) >= 11 is 0. The fraction of sp³-hybridized carbons (Fsp3) is 0.333. The first kappa shape index (κ1) is 9.32. The number of nitrogen functional groups attached to an aromatic ring is 1. The Balaban J connectivity index is 1.95. The van der Waals surface area contributed by atoms with E-state index in [1.54, 1.807) is 12.1 Å². The number of fused-ring (bicyclic) bond motifs is 1. The summed E-state index contributed by atoms with van der Waals surface area (Å²) in [6.45, 7) is -0.573. The van der Waals surface area contributed by atoms with Crippen molar-refractivity contribution in [2.75, 3.05) is 23.7 Å². The van der Waals surface area contributed by atoms with Crippen LogP contribution in [0.1, 0.15) is 0 Å². The number of rotatable bonds is 1. The summed E-state index contributed by atoms with van der Waals surface area (Å²) in [5.74, 6) is -1.66. The molecule has 3 rings (SSSR count). The van der Waals surface area contributed by atoms with Crippen molar-refractivity contribution in [3.63, 3.8) is 0 Å². The number of nitrogens with zero attached hydrogens (tertiary/aromatic N) is 3. The minimum atomic E-state index is -2.60. The number of alkyl halides is 2. The fourth-order valence-electron chi connectivity index (χ4n) is 1.76. The van der Waals surface area contributed by atoms with Crippen LogP contribution < -0.4 is 10.6 Å². The normalized spacial score (nSPS) is 18.8. The van der Waals surface area contributed by atoms with Gasteiger partial charge in [0.25, 0.3) is 5.92 Å². The molecule has 1 aliphatic rings. The van der Waals surface area contributed by atoms with Crippen LogP contribution in [0, 0.1) is 0 Å². The molecule has 1 fully saturated rings. The summed E-state index contributed by atoms with van der Waals surface area (Å²) in [5, 5.41) is 7.18. The van der Waals surface area contributed by atoms with Crippen LogP contribution in [0.3, 0.4) is 0 Å². The number of nitrogens with one attached hydrogen (secondary N) is 1. The molecule has 16 heavy (non-hydrogen) atoms. The van der Waals surface area contributed by atoms with E-state index in [4.69, 9.17) is 5.73 Å². The molecule has 0 atom stereocenters. The predicted octanol–water partition coefficient (Wildman–Crippen LogP) is 0.995. The first-order valence-electron chi connectivity index (χ1n) is 4.78. The standard InChI is InChI=1S/C9H9F2N5/c10-9(11)3-16(4-9)6-2-1-5-7(12)14-15-8(5)13-6/h1-2H,3-4H2,(H3,12,13,14,15). The van der Waals surface area contributed by atoms with E-state index >= 15 is 0 Å². The fourth-order valence-corrected chi connectivity index (χ4v) is 1.76. The van der Waals surface area contributed by atoms with E-state index in [0.717, 1.165) is 0 Å². The molecule has 5 nitrogen and oxygen atoms in total. The van der Waals surface area contributed by atoms with Crippen molar-refractivity contribution in [2.45, 2.75) is 5.92 Å². The molecule has 0 bridgehead atoms. The molecule has 3 N–H and O–H groups in total. The van der Waals surface area contributed by atoms with E-state index in [2.05, 4.69) is 15.2 Å². The van der Waals surface area contributed by atoms with Crippen LogP contribution in [0.5, 0.6) is 0 Å². The zero-order chi connectivity index (χ0) is 11.3. The number of aromatic nitrogens is 3. The van der Waals surface area contributed by atoms with E-state index in [9.17, 15) is 8.78 Å². The van der Waals surface area contributed by atoms with Crippen LogP contribution in [0.15, 0.2) is 12.1 Å². The lowest BCUT2D eigenvalue weighted by atomic mass is 10.1. The molecule has 0 aromatic carbocycles. The number of halogens is 2. The summed E-state index contributed by atoms with van der Waals surface area (Å²) in [7, 11) is 0. The van der Waals surface area contributed by atoms with E-state index < -0.39 is 5.92 Å². The quantitative estimate of drug-likeness (QED) is 0.759. The maximum absolute atomic E-state index is 12.7. The molecule has 0 amide bonds. The molecular formula is C9H9F2N5. The van der Waals surface area contributed by atoms with Crippen molar-refractivity contribution in [1.82, 2.24) is 15.2 Å². The SMILES string of the molecule is Nc1[nH]nc2nc(N3CC(F)(F)C3)ccc12. The van der Waals surface area contributed by atoms with Crippen molar-refractivity contribution in [1.29, 1.82) is 0 Å². The van der Waals surface area contributed by atoms with Gasteiger partial charge >= 0.3 is 0 Å². The van der Waals surface area contributed by atoms with E-state index in [1.807, 2.05) is 0 Å². The van der Waals surface area contributed by atoms with Gasteiger partial charge in [-0.25, -0.2) is 13.8 Å². The van der Waals surface area contributed by atoms with Gasteiger partial charge in [0.15, 0.2) is 5.65 Å². The van der Waals surface area contributed by atoms with Crippen LogP contribution >= 0.6 is 0 Å². The molecule has 7 heteroatoms. The number of nitrogens with two attached hydrogens (primary N) is 1. The highest BCUT2D eigenvalue weighted by Gasteiger charge is 2.44. The summed E-state index contributed by atoms with van der Waals surface area (Å²) in [6, 6.07) is 3.40. The highest BCUT2D eigenvalue weighted by atomic mass is 19.3. The van der Waals surface area contributed by atoms with Gasteiger partial charge in [-0.05, 0) is 12.1 Å². The number of anilines is 2. The lowest BCUT2D eigenvalue weighted by Gasteiger charge is -2.39. The smallest absolute Gasteiger partial charge is 0.282 e. The molecule has 0 spiro atoms. The van der Waals surface area contributed by atoms with Crippen molar-refractivity contribution >= 4 is 22.7 Å². The van der Waals surface area contributed by atoms with Gasteiger partial charge in [0.2, 0.25) is 0 Å². The van der Waals surface area contributed by atoms with Gasteiger partial charge in [0, 0.05) is 0 Å². The molecule has 84 valence electrons. The summed E-state index contributed by atoms with van der Waals surface area (Å²) < 4.78 is 25.4. The Morgan fingerprint density at radius 3 is 2.81 bits per heavy atom. The largest absolute Gasteiger partial charge is 0.384 e. The third-order valence-corrected chi connectivity index (χ3v) is 2.60. The Kier molecular flexibility index (Phi) is 1.63. The molecule has 0 unspecified atom stereocenters. The van der Waals surface area contributed by atoms with Crippen LogP contribution in [0.25, 0.3) is 11.0 Å². The second kappa shape index (κ2) is 2.81. The highest BCUT2D eigenvalue weighted by Crippen LogP contribution is 2.31. The lowest BCUT2D eigenvalue weighted by molar-refractivity contribution is -0.0266. The number of H-pyrrole nitrogens is 1. The topological polar surface area (TPSA) is 70.8 Å². The van der Waals surface area contributed by atoms with Gasteiger partial charge in [-0.15, -0.1) is 0 Å². The first-order valence-corrected chi connectivity index (χ1v) is 4.78. The van der Waals surface area contributed by atoms with E-state index in [1.165, 1.54) is 4.90 Å². The Bertz CT molecular complexity index is 542. The Labute approximate surface area is 89.2 Å². The zero-order valence-electron chi connectivity index (χ0n) is 8.24. The summed E-state index contributed by atoms with van der Waals surface area (Å²) in [5.41, 5.74) is 6.05. The maximum atomic E-state index is 12.7. The zero-order valence-corrected chi connectivity index (χ0v) is 8.24. The number of hydrogen-bond donors (Lipinski definition) is 2. The predicted molar refractivity (Wildman–Crippen MR) is 55.5 cm³/mol. The molecule has 2 aromatic heterocycles. The first-order chi connectivity index (χ1) is 7.55. The second-order valence-corrected chi connectivity index (χ2v) is 3.89. The van der Waals surface area contributed by atoms with Crippen molar-refractivity contribution in [3.05, 3.63) is 12.1 Å². The molecule has 2 aromatic rings. The molecule has 0 saturated carbocycles. The van der Waals surface area contributed by atoms with Gasteiger partial charge < -0.3 is 10.6 Å². The van der Waals surface area contributed by atoms with Crippen molar-refractivity contribution in [2.24, 2.45) is 0 Å². The highest BCUT2D eigenvalue weighted by molar-refractivity contribution is 5.86. The molecule has 1 saturated heterocycles. The minimum Gasteiger partial charge on any atom is -0.384 e. The average Bonchev–Trinajstić information content (AvgIpc) is 2.56. The number of aromatic amines is 1. The van der Waals surface area contributed by atoms with E-state index in [-0.39, 0.29) is 13.1 Å². The second-order valence-electron chi connectivity index (χ2n) is 3.89. The molecule has 0 aliphatic carbocycles. The molecular weight excluding hydrogens is 216 g/mol. The molecule has 0 radical (unpaired) electrons. The van der Waals surface area contributed by atoms with Gasteiger partial charge in [0.1, 0.15) is 11.6 Å². The Morgan fingerprint density at radius 1 is 1.38 bits per heavy atom. The van der Waals surface area contributed by atoms with Gasteiger partial charge in [-0.2, -0.15) is 5.10 Å².